The first-order chi connectivity index (χ1) is 8.34. The molecule has 0 aliphatic heterocycles. The van der Waals surface area contributed by atoms with E-state index in [0.29, 0.717) is 6.54 Å². The fourth-order valence-electron chi connectivity index (χ4n) is 1.38. The van der Waals surface area contributed by atoms with E-state index in [9.17, 15) is 0 Å². The number of hydrogen-bond acceptors (Lipinski definition) is 1. The summed E-state index contributed by atoms with van der Waals surface area (Å²) in [4.78, 5) is 0. The lowest BCUT2D eigenvalue weighted by Gasteiger charge is -2.00. The first kappa shape index (κ1) is 11.6. The van der Waals surface area contributed by atoms with E-state index in [2.05, 4.69) is 17.2 Å². The van der Waals surface area contributed by atoms with E-state index >= 15 is 0 Å². The van der Waals surface area contributed by atoms with Gasteiger partial charge in [-0.15, -0.1) is 0 Å². The zero-order chi connectivity index (χ0) is 11.9. The predicted molar refractivity (Wildman–Crippen MR) is 73.3 cm³/mol. The molecule has 2 rings (SSSR count). The second-order valence-corrected chi connectivity index (χ2v) is 3.96. The van der Waals surface area contributed by atoms with Gasteiger partial charge in [0.1, 0.15) is 0 Å². The normalized spacial score (nSPS) is 9.24. The zero-order valence-corrected chi connectivity index (χ0v) is 10.0. The van der Waals surface area contributed by atoms with Gasteiger partial charge >= 0.3 is 0 Å². The Hall–Kier alpha value is -1.91. The van der Waals surface area contributed by atoms with E-state index < -0.39 is 0 Å². The van der Waals surface area contributed by atoms with Crippen molar-refractivity contribution in [3.63, 3.8) is 0 Å². The highest BCUT2D eigenvalue weighted by Crippen LogP contribution is 2.12. The third-order valence-corrected chi connectivity index (χ3v) is 2.48. The molecule has 2 aromatic rings. The van der Waals surface area contributed by atoms with Gasteiger partial charge in [0, 0.05) is 16.3 Å². The summed E-state index contributed by atoms with van der Waals surface area (Å²) in [7, 11) is 0. The highest BCUT2D eigenvalue weighted by molar-refractivity contribution is 6.30. The monoisotopic (exact) mass is 241 g/mol. The molecule has 0 fully saturated rings. The van der Waals surface area contributed by atoms with Crippen LogP contribution in [0.15, 0.2) is 54.6 Å². The molecule has 0 amide bonds. The average molecular weight is 242 g/mol. The highest BCUT2D eigenvalue weighted by atomic mass is 35.5. The predicted octanol–water partition coefficient (Wildman–Crippen LogP) is 3.80. The number of halogens is 1. The smallest absolute Gasteiger partial charge is 0.0769 e. The van der Waals surface area contributed by atoms with Crippen LogP contribution in [0.1, 0.15) is 5.56 Å². The topological polar surface area (TPSA) is 12.0 Å². The summed E-state index contributed by atoms with van der Waals surface area (Å²) >= 11 is 5.80. The molecular weight excluding hydrogens is 230 g/mol. The van der Waals surface area contributed by atoms with E-state index in [1.165, 1.54) is 0 Å². The molecule has 0 aromatic heterocycles. The molecule has 0 saturated heterocycles. The third-order valence-electron chi connectivity index (χ3n) is 2.23. The minimum absolute atomic E-state index is 0.622. The lowest BCUT2D eigenvalue weighted by atomic mass is 10.2. The van der Waals surface area contributed by atoms with Crippen molar-refractivity contribution in [1.29, 1.82) is 0 Å². The number of hydrogen-bond donors (Lipinski definition) is 1. The van der Waals surface area contributed by atoms with Gasteiger partial charge in [0.15, 0.2) is 0 Å². The Balaban J connectivity index is 1.88. The number of rotatable bonds is 2. The Bertz CT molecular complexity index is 520. The molecule has 17 heavy (non-hydrogen) atoms. The SMILES string of the molecule is Clc1ccc(NCC#Cc2ccccc2)cc1. The Morgan fingerprint density at radius 1 is 0.941 bits per heavy atom. The highest BCUT2D eigenvalue weighted by Gasteiger charge is 1.89. The molecule has 0 saturated carbocycles. The molecule has 0 bridgehead atoms. The molecule has 2 aromatic carbocycles. The molecule has 2 heteroatoms. The second-order valence-electron chi connectivity index (χ2n) is 3.53. The van der Waals surface area contributed by atoms with Crippen LogP contribution in [0.25, 0.3) is 0 Å². The quantitative estimate of drug-likeness (QED) is 0.789. The van der Waals surface area contributed by atoms with Crippen molar-refractivity contribution in [2.24, 2.45) is 0 Å². The van der Waals surface area contributed by atoms with Crippen LogP contribution in [0.4, 0.5) is 5.69 Å². The van der Waals surface area contributed by atoms with E-state index in [1.807, 2.05) is 54.6 Å². The Morgan fingerprint density at radius 2 is 1.65 bits per heavy atom. The minimum Gasteiger partial charge on any atom is -0.374 e. The van der Waals surface area contributed by atoms with Gasteiger partial charge in [0.05, 0.1) is 6.54 Å². The van der Waals surface area contributed by atoms with Gasteiger partial charge in [-0.25, -0.2) is 0 Å². The Labute approximate surface area is 106 Å². The largest absolute Gasteiger partial charge is 0.374 e. The van der Waals surface area contributed by atoms with E-state index in [-0.39, 0.29) is 0 Å². The van der Waals surface area contributed by atoms with Crippen LogP contribution in [0.2, 0.25) is 5.02 Å². The van der Waals surface area contributed by atoms with Crippen molar-refractivity contribution in [1.82, 2.24) is 0 Å². The van der Waals surface area contributed by atoms with Crippen molar-refractivity contribution in [3.8, 4) is 11.8 Å². The maximum atomic E-state index is 5.80. The van der Waals surface area contributed by atoms with Crippen molar-refractivity contribution in [2.75, 3.05) is 11.9 Å². The van der Waals surface area contributed by atoms with E-state index in [0.717, 1.165) is 16.3 Å². The molecule has 0 heterocycles. The molecule has 84 valence electrons. The van der Waals surface area contributed by atoms with Crippen LogP contribution in [-0.4, -0.2) is 6.54 Å². The molecule has 0 radical (unpaired) electrons. The van der Waals surface area contributed by atoms with Gasteiger partial charge in [-0.05, 0) is 36.4 Å². The molecule has 0 aliphatic rings. The van der Waals surface area contributed by atoms with Gasteiger partial charge in [-0.3, -0.25) is 0 Å². The Kier molecular flexibility index (Phi) is 4.07. The minimum atomic E-state index is 0.622. The number of anilines is 1. The lowest BCUT2D eigenvalue weighted by Crippen LogP contribution is -1.97. The fourth-order valence-corrected chi connectivity index (χ4v) is 1.51. The molecular formula is C15H12ClN. The standard InChI is InChI=1S/C15H12ClN/c16-14-8-10-15(11-9-14)17-12-4-7-13-5-2-1-3-6-13/h1-3,5-6,8-11,17H,12H2. The first-order valence-electron chi connectivity index (χ1n) is 5.38. The van der Waals surface area contributed by atoms with Gasteiger partial charge in [-0.1, -0.05) is 41.6 Å². The average Bonchev–Trinajstić information content (AvgIpc) is 2.38. The number of nitrogens with one attached hydrogen (secondary N) is 1. The summed E-state index contributed by atoms with van der Waals surface area (Å²) in [5.41, 5.74) is 2.06. The maximum absolute atomic E-state index is 5.80. The summed E-state index contributed by atoms with van der Waals surface area (Å²) in [5, 5.41) is 3.95. The van der Waals surface area contributed by atoms with Crippen molar-refractivity contribution in [2.45, 2.75) is 0 Å². The van der Waals surface area contributed by atoms with Crippen LogP contribution in [0.3, 0.4) is 0 Å². The van der Waals surface area contributed by atoms with Crippen LogP contribution < -0.4 is 5.32 Å². The van der Waals surface area contributed by atoms with Gasteiger partial charge in [0.25, 0.3) is 0 Å². The van der Waals surface area contributed by atoms with E-state index in [1.54, 1.807) is 0 Å². The van der Waals surface area contributed by atoms with E-state index in [4.69, 9.17) is 11.6 Å². The zero-order valence-electron chi connectivity index (χ0n) is 9.28. The summed E-state index contributed by atoms with van der Waals surface area (Å²) in [6.45, 7) is 0.622. The van der Waals surface area contributed by atoms with Crippen LogP contribution in [0, 0.1) is 11.8 Å². The molecule has 1 N–H and O–H groups in total. The van der Waals surface area contributed by atoms with Crippen LogP contribution in [0.5, 0.6) is 0 Å². The molecule has 0 atom stereocenters. The van der Waals surface area contributed by atoms with Crippen molar-refractivity contribution >= 4 is 17.3 Å². The van der Waals surface area contributed by atoms with Gasteiger partial charge < -0.3 is 5.32 Å². The molecule has 0 spiro atoms. The first-order valence-corrected chi connectivity index (χ1v) is 5.76. The fraction of sp³-hybridized carbons (Fsp3) is 0.0667. The lowest BCUT2D eigenvalue weighted by molar-refractivity contribution is 1.38. The number of benzene rings is 2. The summed E-state index contributed by atoms with van der Waals surface area (Å²) in [6.07, 6.45) is 0. The van der Waals surface area contributed by atoms with Gasteiger partial charge in [0.2, 0.25) is 0 Å². The summed E-state index contributed by atoms with van der Waals surface area (Å²) in [6, 6.07) is 17.5. The maximum Gasteiger partial charge on any atom is 0.0769 e. The summed E-state index contributed by atoms with van der Waals surface area (Å²) < 4.78 is 0. The molecule has 1 nitrogen and oxygen atoms in total. The van der Waals surface area contributed by atoms with Crippen molar-refractivity contribution in [3.05, 3.63) is 65.2 Å². The third kappa shape index (κ3) is 3.86. The summed E-state index contributed by atoms with van der Waals surface area (Å²) in [5.74, 6) is 6.16. The second kappa shape index (κ2) is 5.98. The van der Waals surface area contributed by atoms with Crippen LogP contribution >= 0.6 is 11.6 Å². The van der Waals surface area contributed by atoms with Gasteiger partial charge in [-0.2, -0.15) is 0 Å². The molecule has 0 unspecified atom stereocenters. The Morgan fingerprint density at radius 3 is 2.35 bits per heavy atom. The molecule has 0 aliphatic carbocycles. The van der Waals surface area contributed by atoms with Crippen LogP contribution in [-0.2, 0) is 0 Å². The van der Waals surface area contributed by atoms with Crippen molar-refractivity contribution < 1.29 is 0 Å².